The minimum absolute atomic E-state index is 0. The molecule has 154 valence electrons. The number of hydrogen-bond donors (Lipinski definition) is 1. The lowest BCUT2D eigenvalue weighted by Gasteiger charge is -2.31. The third-order valence-electron chi connectivity index (χ3n) is 4.68. The Hall–Kier alpha value is -0.860. The van der Waals surface area contributed by atoms with E-state index in [1.54, 1.807) is 0 Å². The highest BCUT2D eigenvalue weighted by Gasteiger charge is 2.16. The Morgan fingerprint density at radius 3 is 2.81 bits per heavy atom. The smallest absolute Gasteiger partial charge is 0.193 e. The number of rotatable bonds is 8. The molecular weight excluding hydrogens is 451 g/mol. The van der Waals surface area contributed by atoms with Gasteiger partial charge in [-0.1, -0.05) is 37.6 Å². The van der Waals surface area contributed by atoms with Crippen molar-refractivity contribution in [2.24, 2.45) is 4.99 Å². The zero-order valence-electron chi connectivity index (χ0n) is 17.4. The van der Waals surface area contributed by atoms with Crippen molar-refractivity contribution in [1.82, 2.24) is 15.1 Å². The number of unbranched alkanes of at least 4 members (excludes halogenated alkanes) is 1. The summed E-state index contributed by atoms with van der Waals surface area (Å²) in [5.74, 6) is 0.994. The molecule has 0 radical (unpaired) electrons. The lowest BCUT2D eigenvalue weighted by atomic mass is 10.1. The fourth-order valence-corrected chi connectivity index (χ4v) is 3.26. The number of halogens is 1. The fraction of sp³-hybridized carbons (Fsp3) is 0.667. The molecule has 1 aliphatic rings. The van der Waals surface area contributed by atoms with Crippen molar-refractivity contribution < 1.29 is 4.74 Å². The summed E-state index contributed by atoms with van der Waals surface area (Å²) in [5, 5.41) is 3.40. The molecule has 27 heavy (non-hydrogen) atoms. The molecule has 0 aliphatic carbocycles. The Kier molecular flexibility index (Phi) is 11.9. The first-order chi connectivity index (χ1) is 12.6. The van der Waals surface area contributed by atoms with Gasteiger partial charge in [-0.2, -0.15) is 0 Å². The van der Waals surface area contributed by atoms with Gasteiger partial charge in [0.25, 0.3) is 0 Å². The molecule has 0 aromatic heterocycles. The van der Waals surface area contributed by atoms with Gasteiger partial charge in [-0.15, -0.1) is 24.0 Å². The van der Waals surface area contributed by atoms with E-state index in [-0.39, 0.29) is 24.0 Å². The van der Waals surface area contributed by atoms with Crippen LogP contribution < -0.4 is 5.32 Å². The molecule has 0 spiro atoms. The normalized spacial score (nSPS) is 18.1. The van der Waals surface area contributed by atoms with E-state index in [1.807, 2.05) is 0 Å². The van der Waals surface area contributed by atoms with Gasteiger partial charge in [0, 0.05) is 39.8 Å². The minimum Gasteiger partial charge on any atom is -0.376 e. The molecule has 1 saturated heterocycles. The van der Waals surface area contributed by atoms with Crippen LogP contribution in [0.5, 0.6) is 0 Å². The first-order valence-corrected chi connectivity index (χ1v) is 10.0. The number of hydrogen-bond acceptors (Lipinski definition) is 3. The average Bonchev–Trinajstić information content (AvgIpc) is 2.63. The van der Waals surface area contributed by atoms with E-state index in [9.17, 15) is 0 Å². The van der Waals surface area contributed by atoms with Crippen LogP contribution in [-0.4, -0.2) is 61.7 Å². The van der Waals surface area contributed by atoms with Gasteiger partial charge in [0.2, 0.25) is 0 Å². The van der Waals surface area contributed by atoms with Crippen molar-refractivity contribution in [3.63, 3.8) is 0 Å². The molecule has 1 aliphatic heterocycles. The summed E-state index contributed by atoms with van der Waals surface area (Å²) in [5.41, 5.74) is 2.62. The Bertz CT molecular complexity index is 567. The highest BCUT2D eigenvalue weighted by atomic mass is 127. The molecule has 1 N–H and O–H groups in total. The number of benzene rings is 1. The van der Waals surface area contributed by atoms with Crippen LogP contribution in [0, 0.1) is 0 Å². The van der Waals surface area contributed by atoms with Gasteiger partial charge in [0.05, 0.1) is 19.3 Å². The van der Waals surface area contributed by atoms with E-state index in [2.05, 4.69) is 67.2 Å². The van der Waals surface area contributed by atoms with Gasteiger partial charge in [-0.3, -0.25) is 4.90 Å². The van der Waals surface area contributed by atoms with Gasteiger partial charge in [-0.05, 0) is 31.4 Å². The van der Waals surface area contributed by atoms with Crippen molar-refractivity contribution >= 4 is 29.9 Å². The Labute approximate surface area is 182 Å². The summed E-state index contributed by atoms with van der Waals surface area (Å²) in [6, 6.07) is 8.83. The molecule has 1 fully saturated rings. The second-order valence-corrected chi connectivity index (χ2v) is 7.18. The van der Waals surface area contributed by atoms with Crippen LogP contribution in [0.15, 0.2) is 29.3 Å². The molecule has 1 aromatic carbocycles. The number of nitrogens with one attached hydrogen (secondary N) is 1. The van der Waals surface area contributed by atoms with E-state index in [4.69, 9.17) is 9.73 Å². The Morgan fingerprint density at radius 2 is 2.11 bits per heavy atom. The maximum Gasteiger partial charge on any atom is 0.193 e. The van der Waals surface area contributed by atoms with Crippen LogP contribution in [0.4, 0.5) is 0 Å². The fourth-order valence-electron chi connectivity index (χ4n) is 3.26. The number of guanidine groups is 1. The highest BCUT2D eigenvalue weighted by molar-refractivity contribution is 14.0. The standard InChI is InChI=1S/C21H36N4O.HI/c1-5-7-11-24(4)21(22-6-2)23-15-19-9-8-10-20(14-19)17-25-12-13-26-18(3)16-25;/h8-10,14,18H,5-7,11-13,15-17H2,1-4H3,(H,22,23);1H. The van der Waals surface area contributed by atoms with Crippen LogP contribution >= 0.6 is 24.0 Å². The SMILES string of the molecule is CCCCN(C)C(=NCc1cccc(CN2CCOC(C)C2)c1)NCC.I. The second kappa shape index (κ2) is 13.3. The second-order valence-electron chi connectivity index (χ2n) is 7.18. The van der Waals surface area contributed by atoms with Gasteiger partial charge in [0.15, 0.2) is 5.96 Å². The Balaban J connectivity index is 0.00000364. The van der Waals surface area contributed by atoms with Crippen molar-refractivity contribution in [2.75, 3.05) is 39.8 Å². The Morgan fingerprint density at radius 1 is 1.33 bits per heavy atom. The van der Waals surface area contributed by atoms with Crippen LogP contribution in [0.1, 0.15) is 44.7 Å². The maximum absolute atomic E-state index is 5.64. The van der Waals surface area contributed by atoms with E-state index in [0.717, 1.165) is 45.3 Å². The van der Waals surface area contributed by atoms with Crippen LogP contribution in [0.25, 0.3) is 0 Å². The van der Waals surface area contributed by atoms with Gasteiger partial charge in [-0.25, -0.2) is 4.99 Å². The first kappa shape index (κ1) is 24.2. The molecular formula is C21H37IN4O. The third-order valence-corrected chi connectivity index (χ3v) is 4.68. The molecule has 1 heterocycles. The van der Waals surface area contributed by atoms with Crippen molar-refractivity contribution in [3.8, 4) is 0 Å². The number of nitrogens with zero attached hydrogens (tertiary/aromatic N) is 3. The maximum atomic E-state index is 5.64. The van der Waals surface area contributed by atoms with E-state index in [1.165, 1.54) is 24.0 Å². The van der Waals surface area contributed by atoms with Gasteiger partial charge >= 0.3 is 0 Å². The number of morpholine rings is 1. The molecule has 0 saturated carbocycles. The predicted octanol–water partition coefficient (Wildman–Crippen LogP) is 3.72. The van der Waals surface area contributed by atoms with E-state index < -0.39 is 0 Å². The summed E-state index contributed by atoms with van der Waals surface area (Å²) in [6.45, 7) is 13.0. The summed E-state index contributed by atoms with van der Waals surface area (Å²) >= 11 is 0. The molecule has 1 unspecified atom stereocenters. The molecule has 0 bridgehead atoms. The van der Waals surface area contributed by atoms with E-state index in [0.29, 0.717) is 12.6 Å². The zero-order chi connectivity index (χ0) is 18.8. The molecule has 0 amide bonds. The van der Waals surface area contributed by atoms with Crippen LogP contribution in [0.3, 0.4) is 0 Å². The first-order valence-electron chi connectivity index (χ1n) is 10.0. The lowest BCUT2D eigenvalue weighted by Crippen LogP contribution is -2.40. The number of aliphatic imine (C=N–C) groups is 1. The number of ether oxygens (including phenoxy) is 1. The van der Waals surface area contributed by atoms with Crippen molar-refractivity contribution in [1.29, 1.82) is 0 Å². The molecule has 5 nitrogen and oxygen atoms in total. The van der Waals surface area contributed by atoms with Crippen molar-refractivity contribution in [3.05, 3.63) is 35.4 Å². The summed E-state index contributed by atoms with van der Waals surface area (Å²) < 4.78 is 5.64. The molecule has 1 aromatic rings. The summed E-state index contributed by atoms with van der Waals surface area (Å²) in [7, 11) is 2.12. The monoisotopic (exact) mass is 488 g/mol. The minimum atomic E-state index is 0. The van der Waals surface area contributed by atoms with Gasteiger partial charge < -0.3 is 15.0 Å². The highest BCUT2D eigenvalue weighted by Crippen LogP contribution is 2.13. The topological polar surface area (TPSA) is 40.1 Å². The summed E-state index contributed by atoms with van der Waals surface area (Å²) in [6.07, 6.45) is 2.72. The molecule has 2 rings (SSSR count). The van der Waals surface area contributed by atoms with Gasteiger partial charge in [0.1, 0.15) is 0 Å². The summed E-state index contributed by atoms with van der Waals surface area (Å²) in [4.78, 5) is 9.53. The predicted molar refractivity (Wildman–Crippen MR) is 125 cm³/mol. The molecule has 1 atom stereocenters. The van der Waals surface area contributed by atoms with Crippen LogP contribution in [-0.2, 0) is 17.8 Å². The third kappa shape index (κ3) is 8.79. The zero-order valence-corrected chi connectivity index (χ0v) is 19.7. The van der Waals surface area contributed by atoms with Crippen molar-refractivity contribution in [2.45, 2.75) is 52.8 Å². The average molecular weight is 488 g/mol. The van der Waals surface area contributed by atoms with Crippen LogP contribution in [0.2, 0.25) is 0 Å². The lowest BCUT2D eigenvalue weighted by molar-refractivity contribution is -0.0212. The van der Waals surface area contributed by atoms with E-state index >= 15 is 0 Å². The quantitative estimate of drug-likeness (QED) is 0.344. The largest absolute Gasteiger partial charge is 0.376 e. The molecule has 6 heteroatoms.